The van der Waals surface area contributed by atoms with Crippen molar-refractivity contribution in [1.82, 2.24) is 20.1 Å². The van der Waals surface area contributed by atoms with Crippen molar-refractivity contribution in [3.8, 4) is 11.5 Å². The Morgan fingerprint density at radius 3 is 2.62 bits per heavy atom. The van der Waals surface area contributed by atoms with Gasteiger partial charge < -0.3 is 14.8 Å². The second kappa shape index (κ2) is 7.64. The van der Waals surface area contributed by atoms with Crippen molar-refractivity contribution in [2.75, 3.05) is 14.2 Å². The van der Waals surface area contributed by atoms with Crippen molar-refractivity contribution in [1.29, 1.82) is 0 Å². The molecular weight excluding hydrogens is 336 g/mol. The van der Waals surface area contributed by atoms with Crippen molar-refractivity contribution in [2.24, 2.45) is 0 Å². The van der Waals surface area contributed by atoms with Gasteiger partial charge >= 0.3 is 0 Å². The smallest absolute Gasteiger partial charge is 0.279 e. The third-order valence-corrected chi connectivity index (χ3v) is 3.89. The highest BCUT2D eigenvalue weighted by Gasteiger charge is 2.15. The van der Waals surface area contributed by atoms with Gasteiger partial charge in [-0.1, -0.05) is 0 Å². The van der Waals surface area contributed by atoms with Crippen molar-refractivity contribution in [3.63, 3.8) is 0 Å². The first-order valence-electron chi connectivity index (χ1n) is 7.90. The molecular formula is C18H18N4O4. The zero-order valence-electron chi connectivity index (χ0n) is 14.4. The summed E-state index contributed by atoms with van der Waals surface area (Å²) in [5.41, 5.74) is 0.496. The number of hydrogen-bond acceptors (Lipinski definition) is 6. The minimum Gasteiger partial charge on any atom is -0.493 e. The van der Waals surface area contributed by atoms with Gasteiger partial charge in [0.1, 0.15) is 6.54 Å². The molecule has 8 nitrogen and oxygen atoms in total. The van der Waals surface area contributed by atoms with Crippen molar-refractivity contribution in [3.05, 3.63) is 58.8 Å². The van der Waals surface area contributed by atoms with E-state index in [2.05, 4.69) is 15.4 Å². The number of methoxy groups -OCH3 is 2. The van der Waals surface area contributed by atoms with Crippen LogP contribution in [0.15, 0.2) is 47.7 Å². The Kier molecular flexibility index (Phi) is 5.12. The molecule has 0 saturated heterocycles. The van der Waals surface area contributed by atoms with Crippen LogP contribution in [0.25, 0.3) is 10.8 Å². The molecule has 0 aliphatic heterocycles. The van der Waals surface area contributed by atoms with Crippen LogP contribution in [0.4, 0.5) is 0 Å². The first kappa shape index (κ1) is 17.4. The molecule has 0 atom stereocenters. The molecule has 134 valence electrons. The molecule has 3 aromatic rings. The Bertz CT molecular complexity index is 986. The quantitative estimate of drug-likeness (QED) is 0.713. The number of nitrogens with zero attached hydrogens (tertiary/aromatic N) is 3. The van der Waals surface area contributed by atoms with E-state index in [0.717, 1.165) is 10.2 Å². The molecule has 0 radical (unpaired) electrons. The van der Waals surface area contributed by atoms with Gasteiger partial charge in [-0.3, -0.25) is 14.6 Å². The number of carbonyl (C=O) groups is 1. The highest BCUT2D eigenvalue weighted by molar-refractivity contribution is 5.89. The minimum absolute atomic E-state index is 0.194. The lowest BCUT2D eigenvalue weighted by Crippen LogP contribution is -2.33. The standard InChI is InChI=1S/C18H18N4O4/c1-25-14-4-3-13-10-21-22(18(24)16(13)17(14)26-2)11-15(23)20-9-12-5-7-19-8-6-12/h3-8,10H,9,11H2,1-2H3,(H,20,23). The molecule has 0 bridgehead atoms. The predicted molar refractivity (Wildman–Crippen MR) is 95.2 cm³/mol. The second-order valence-corrected chi connectivity index (χ2v) is 5.50. The third-order valence-electron chi connectivity index (χ3n) is 3.89. The van der Waals surface area contributed by atoms with E-state index in [1.807, 2.05) is 0 Å². The fraction of sp³-hybridized carbons (Fsp3) is 0.222. The van der Waals surface area contributed by atoms with Gasteiger partial charge in [0.2, 0.25) is 5.91 Å². The highest BCUT2D eigenvalue weighted by atomic mass is 16.5. The van der Waals surface area contributed by atoms with Gasteiger partial charge in [-0.25, -0.2) is 4.68 Å². The number of fused-ring (bicyclic) bond motifs is 1. The molecule has 0 unspecified atom stereocenters. The van der Waals surface area contributed by atoms with Crippen LogP contribution in [0, 0.1) is 0 Å². The molecule has 1 aromatic carbocycles. The SMILES string of the molecule is COc1ccc2cnn(CC(=O)NCc3ccncc3)c(=O)c2c1OC. The zero-order valence-corrected chi connectivity index (χ0v) is 14.4. The Labute approximate surface area is 149 Å². The molecule has 8 heteroatoms. The number of amides is 1. The molecule has 0 aliphatic rings. The van der Waals surface area contributed by atoms with E-state index in [0.29, 0.717) is 28.8 Å². The molecule has 26 heavy (non-hydrogen) atoms. The summed E-state index contributed by atoms with van der Waals surface area (Å²) in [5.74, 6) is 0.443. The lowest BCUT2D eigenvalue weighted by molar-refractivity contribution is -0.122. The largest absolute Gasteiger partial charge is 0.493 e. The summed E-state index contributed by atoms with van der Waals surface area (Å²) in [5, 5.41) is 7.76. The van der Waals surface area contributed by atoms with Crippen LogP contribution in [0.2, 0.25) is 0 Å². The average Bonchev–Trinajstić information content (AvgIpc) is 2.68. The molecule has 2 heterocycles. The number of aromatic nitrogens is 3. The predicted octanol–water partition coefficient (Wildman–Crippen LogP) is 1.13. The molecule has 2 aromatic heterocycles. The van der Waals surface area contributed by atoms with E-state index >= 15 is 0 Å². The van der Waals surface area contributed by atoms with Crippen LogP contribution in [0.5, 0.6) is 11.5 Å². The Morgan fingerprint density at radius 2 is 1.92 bits per heavy atom. The number of nitrogens with one attached hydrogen (secondary N) is 1. The fourth-order valence-electron chi connectivity index (χ4n) is 2.59. The zero-order chi connectivity index (χ0) is 18.5. The average molecular weight is 354 g/mol. The van der Waals surface area contributed by atoms with Gasteiger partial charge in [-0.15, -0.1) is 0 Å². The van der Waals surface area contributed by atoms with Gasteiger partial charge in [0.25, 0.3) is 5.56 Å². The van der Waals surface area contributed by atoms with Crippen molar-refractivity contribution >= 4 is 16.7 Å². The number of ether oxygens (including phenoxy) is 2. The van der Waals surface area contributed by atoms with Gasteiger partial charge in [0, 0.05) is 24.3 Å². The molecule has 0 saturated carbocycles. The van der Waals surface area contributed by atoms with E-state index in [1.165, 1.54) is 20.4 Å². The number of carbonyl (C=O) groups excluding carboxylic acids is 1. The topological polar surface area (TPSA) is 95.3 Å². The normalized spacial score (nSPS) is 10.5. The molecule has 0 fully saturated rings. The fourth-order valence-corrected chi connectivity index (χ4v) is 2.59. The first-order chi connectivity index (χ1) is 12.6. The summed E-state index contributed by atoms with van der Waals surface area (Å²) in [7, 11) is 2.96. The number of rotatable bonds is 6. The Morgan fingerprint density at radius 1 is 1.15 bits per heavy atom. The maximum atomic E-state index is 12.8. The van der Waals surface area contributed by atoms with E-state index in [9.17, 15) is 9.59 Å². The Hall–Kier alpha value is -3.42. The lowest BCUT2D eigenvalue weighted by atomic mass is 10.1. The molecule has 0 spiro atoms. The van der Waals surface area contributed by atoms with E-state index < -0.39 is 5.56 Å². The van der Waals surface area contributed by atoms with Gasteiger partial charge in [0.15, 0.2) is 11.5 Å². The third kappa shape index (κ3) is 3.49. The summed E-state index contributed by atoms with van der Waals surface area (Å²) in [6.07, 6.45) is 4.82. The van der Waals surface area contributed by atoms with Crippen molar-refractivity contribution < 1.29 is 14.3 Å². The maximum absolute atomic E-state index is 12.8. The second-order valence-electron chi connectivity index (χ2n) is 5.50. The Balaban J connectivity index is 1.85. The molecule has 3 rings (SSSR count). The van der Waals surface area contributed by atoms with E-state index in [4.69, 9.17) is 9.47 Å². The maximum Gasteiger partial charge on any atom is 0.279 e. The van der Waals surface area contributed by atoms with E-state index in [-0.39, 0.29) is 12.5 Å². The summed E-state index contributed by atoms with van der Waals surface area (Å²) < 4.78 is 11.7. The highest BCUT2D eigenvalue weighted by Crippen LogP contribution is 2.32. The molecule has 1 amide bonds. The van der Waals surface area contributed by atoms with Crippen LogP contribution in [0.3, 0.4) is 0 Å². The number of pyridine rings is 1. The summed E-state index contributed by atoms with van der Waals surface area (Å²) >= 11 is 0. The summed E-state index contributed by atoms with van der Waals surface area (Å²) in [6, 6.07) is 7.03. The van der Waals surface area contributed by atoms with E-state index in [1.54, 1.807) is 36.7 Å². The van der Waals surface area contributed by atoms with Crippen LogP contribution < -0.4 is 20.3 Å². The van der Waals surface area contributed by atoms with Crippen LogP contribution in [-0.2, 0) is 17.9 Å². The van der Waals surface area contributed by atoms with Gasteiger partial charge in [-0.2, -0.15) is 5.10 Å². The van der Waals surface area contributed by atoms with Gasteiger partial charge in [0.05, 0.1) is 25.8 Å². The van der Waals surface area contributed by atoms with Crippen LogP contribution >= 0.6 is 0 Å². The number of hydrogen-bond donors (Lipinski definition) is 1. The van der Waals surface area contributed by atoms with Gasteiger partial charge in [-0.05, 0) is 29.8 Å². The van der Waals surface area contributed by atoms with Crippen LogP contribution in [-0.4, -0.2) is 34.9 Å². The van der Waals surface area contributed by atoms with Crippen LogP contribution in [0.1, 0.15) is 5.56 Å². The number of benzene rings is 1. The minimum atomic E-state index is -0.419. The monoisotopic (exact) mass is 354 g/mol. The summed E-state index contributed by atoms with van der Waals surface area (Å²) in [6.45, 7) is 0.154. The molecule has 0 aliphatic carbocycles. The molecule has 1 N–H and O–H groups in total. The lowest BCUT2D eigenvalue weighted by Gasteiger charge is -2.12. The summed E-state index contributed by atoms with van der Waals surface area (Å²) in [4.78, 5) is 28.9. The van der Waals surface area contributed by atoms with Crippen molar-refractivity contribution in [2.45, 2.75) is 13.1 Å². The first-order valence-corrected chi connectivity index (χ1v) is 7.90.